The van der Waals surface area contributed by atoms with E-state index in [0.29, 0.717) is 5.92 Å². The lowest BCUT2D eigenvalue weighted by Gasteiger charge is -2.31. The lowest BCUT2D eigenvalue weighted by atomic mass is 9.86. The summed E-state index contributed by atoms with van der Waals surface area (Å²) in [6.07, 6.45) is 1.83. The Balaban J connectivity index is 2.16. The number of hydrogen-bond acceptors (Lipinski definition) is 4. The van der Waals surface area contributed by atoms with Gasteiger partial charge in [0.05, 0.1) is 20.3 Å². The van der Waals surface area contributed by atoms with Crippen LogP contribution in [-0.2, 0) is 4.79 Å². The maximum atomic E-state index is 12.1. The minimum Gasteiger partial charge on any atom is -0.493 e. The molecule has 1 saturated heterocycles. The van der Waals surface area contributed by atoms with Crippen molar-refractivity contribution in [1.82, 2.24) is 10.2 Å². The summed E-state index contributed by atoms with van der Waals surface area (Å²) in [6, 6.07) is 5.91. The van der Waals surface area contributed by atoms with Gasteiger partial charge in [-0.2, -0.15) is 0 Å². The molecule has 1 aromatic rings. The van der Waals surface area contributed by atoms with E-state index in [1.165, 1.54) is 5.56 Å². The molecule has 0 spiro atoms. The van der Waals surface area contributed by atoms with Crippen molar-refractivity contribution in [2.24, 2.45) is 0 Å². The molecule has 2 rings (SSSR count). The molecule has 1 aliphatic heterocycles. The highest BCUT2D eigenvalue weighted by atomic mass is 16.5. The quantitative estimate of drug-likeness (QED) is 0.916. The summed E-state index contributed by atoms with van der Waals surface area (Å²) < 4.78 is 10.6. The summed E-state index contributed by atoms with van der Waals surface area (Å²) in [7, 11) is 6.87. The smallest absolute Gasteiger partial charge is 0.239 e. The number of carbonyl (C=O) groups is 1. The Kier molecular flexibility index (Phi) is 5.07. The summed E-state index contributed by atoms with van der Waals surface area (Å²) >= 11 is 0. The van der Waals surface area contributed by atoms with Gasteiger partial charge in [-0.3, -0.25) is 4.79 Å². The fraction of sp³-hybridized carbons (Fsp3) is 0.562. The largest absolute Gasteiger partial charge is 0.493 e. The number of nitrogens with one attached hydrogen (secondary N) is 1. The van der Waals surface area contributed by atoms with Gasteiger partial charge in [-0.15, -0.1) is 0 Å². The molecule has 1 heterocycles. The Bertz CT molecular complexity index is 502. The number of hydrogen-bond donors (Lipinski definition) is 1. The lowest BCUT2D eigenvalue weighted by Crippen LogP contribution is -2.47. The third-order valence-electron chi connectivity index (χ3n) is 4.02. The second-order valence-corrected chi connectivity index (χ2v) is 5.58. The van der Waals surface area contributed by atoms with E-state index in [1.54, 1.807) is 33.2 Å². The van der Waals surface area contributed by atoms with Crippen molar-refractivity contribution in [3.05, 3.63) is 23.8 Å². The molecule has 1 fully saturated rings. The predicted molar refractivity (Wildman–Crippen MR) is 82.0 cm³/mol. The second kappa shape index (κ2) is 6.80. The molecule has 1 amide bonds. The number of rotatable bonds is 4. The highest BCUT2D eigenvalue weighted by molar-refractivity contribution is 5.81. The molecule has 0 radical (unpaired) electrons. The average molecular weight is 292 g/mol. The SMILES string of the molecule is COc1ccc(C2CCNC(C(=O)N(C)C)C2)cc1OC. The van der Waals surface area contributed by atoms with Gasteiger partial charge >= 0.3 is 0 Å². The molecular weight excluding hydrogens is 268 g/mol. The first-order chi connectivity index (χ1) is 10.1. The molecule has 5 nitrogen and oxygen atoms in total. The first-order valence-electron chi connectivity index (χ1n) is 7.23. The van der Waals surface area contributed by atoms with Gasteiger partial charge in [0.2, 0.25) is 5.91 Å². The number of benzene rings is 1. The molecule has 1 aromatic carbocycles. The molecular formula is C16H24N2O3. The number of amides is 1. The van der Waals surface area contributed by atoms with Crippen LogP contribution >= 0.6 is 0 Å². The van der Waals surface area contributed by atoms with E-state index in [1.807, 2.05) is 12.1 Å². The van der Waals surface area contributed by atoms with Gasteiger partial charge in [-0.05, 0) is 43.0 Å². The molecule has 0 aromatic heterocycles. The maximum Gasteiger partial charge on any atom is 0.239 e. The van der Waals surface area contributed by atoms with E-state index >= 15 is 0 Å². The number of ether oxygens (including phenoxy) is 2. The van der Waals surface area contributed by atoms with E-state index in [-0.39, 0.29) is 11.9 Å². The van der Waals surface area contributed by atoms with E-state index in [4.69, 9.17) is 9.47 Å². The number of likely N-dealkylation sites (N-methyl/N-ethyl adjacent to an activating group) is 1. The monoisotopic (exact) mass is 292 g/mol. The third kappa shape index (κ3) is 3.47. The zero-order valence-electron chi connectivity index (χ0n) is 13.2. The molecule has 116 valence electrons. The van der Waals surface area contributed by atoms with Crippen LogP contribution in [0.1, 0.15) is 24.3 Å². The van der Waals surface area contributed by atoms with Crippen molar-refractivity contribution in [3.63, 3.8) is 0 Å². The summed E-state index contributed by atoms with van der Waals surface area (Å²) in [5.41, 5.74) is 1.20. The lowest BCUT2D eigenvalue weighted by molar-refractivity contribution is -0.131. The van der Waals surface area contributed by atoms with Crippen LogP contribution in [0.15, 0.2) is 18.2 Å². The van der Waals surface area contributed by atoms with Crippen LogP contribution in [0.25, 0.3) is 0 Å². The third-order valence-corrected chi connectivity index (χ3v) is 4.02. The molecule has 1 aliphatic rings. The molecule has 2 atom stereocenters. The summed E-state index contributed by atoms with van der Waals surface area (Å²) in [5, 5.41) is 3.30. The van der Waals surface area contributed by atoms with Gasteiger partial charge in [-0.25, -0.2) is 0 Å². The van der Waals surface area contributed by atoms with Gasteiger partial charge in [0.1, 0.15) is 0 Å². The van der Waals surface area contributed by atoms with Crippen LogP contribution in [0.2, 0.25) is 0 Å². The minimum atomic E-state index is -0.105. The molecule has 0 aliphatic carbocycles. The number of piperidine rings is 1. The molecule has 21 heavy (non-hydrogen) atoms. The minimum absolute atomic E-state index is 0.105. The fourth-order valence-corrected chi connectivity index (χ4v) is 2.83. The molecule has 5 heteroatoms. The van der Waals surface area contributed by atoms with Gasteiger partial charge in [0.15, 0.2) is 11.5 Å². The van der Waals surface area contributed by atoms with E-state index in [2.05, 4.69) is 11.4 Å². The van der Waals surface area contributed by atoms with E-state index < -0.39 is 0 Å². The summed E-state index contributed by atoms with van der Waals surface area (Å²) in [6.45, 7) is 0.850. The Morgan fingerprint density at radius 1 is 1.24 bits per heavy atom. The second-order valence-electron chi connectivity index (χ2n) is 5.58. The van der Waals surface area contributed by atoms with Gasteiger partial charge in [0, 0.05) is 14.1 Å². The van der Waals surface area contributed by atoms with E-state index in [0.717, 1.165) is 30.9 Å². The highest BCUT2D eigenvalue weighted by Gasteiger charge is 2.29. The molecule has 2 unspecified atom stereocenters. The van der Waals surface area contributed by atoms with Crippen LogP contribution in [-0.4, -0.2) is 51.7 Å². The van der Waals surface area contributed by atoms with E-state index in [9.17, 15) is 4.79 Å². The average Bonchev–Trinajstić information content (AvgIpc) is 2.53. The fourth-order valence-electron chi connectivity index (χ4n) is 2.83. The van der Waals surface area contributed by atoms with Crippen molar-refractivity contribution in [3.8, 4) is 11.5 Å². The Labute approximate surface area is 126 Å². The van der Waals surface area contributed by atoms with Crippen LogP contribution in [0.3, 0.4) is 0 Å². The number of carbonyl (C=O) groups excluding carboxylic acids is 1. The standard InChI is InChI=1S/C16H24N2O3/c1-18(2)16(19)13-9-12(7-8-17-13)11-5-6-14(20-3)15(10-11)21-4/h5-6,10,12-13,17H,7-9H2,1-4H3. The number of methoxy groups -OCH3 is 2. The van der Waals surface area contributed by atoms with Gasteiger partial charge in [-0.1, -0.05) is 6.07 Å². The number of nitrogens with zero attached hydrogens (tertiary/aromatic N) is 1. The first-order valence-corrected chi connectivity index (χ1v) is 7.23. The topological polar surface area (TPSA) is 50.8 Å². The molecule has 0 bridgehead atoms. The van der Waals surface area contributed by atoms with Crippen LogP contribution < -0.4 is 14.8 Å². The van der Waals surface area contributed by atoms with Crippen LogP contribution in [0, 0.1) is 0 Å². The molecule has 0 saturated carbocycles. The Hall–Kier alpha value is -1.75. The zero-order chi connectivity index (χ0) is 15.4. The highest BCUT2D eigenvalue weighted by Crippen LogP contribution is 2.34. The van der Waals surface area contributed by atoms with Gasteiger partial charge < -0.3 is 19.7 Å². The van der Waals surface area contributed by atoms with Crippen molar-refractivity contribution in [2.75, 3.05) is 34.9 Å². The van der Waals surface area contributed by atoms with Gasteiger partial charge in [0.25, 0.3) is 0 Å². The van der Waals surface area contributed by atoms with Crippen molar-refractivity contribution in [1.29, 1.82) is 0 Å². The van der Waals surface area contributed by atoms with Crippen molar-refractivity contribution in [2.45, 2.75) is 24.8 Å². The Morgan fingerprint density at radius 3 is 2.57 bits per heavy atom. The van der Waals surface area contributed by atoms with Crippen molar-refractivity contribution < 1.29 is 14.3 Å². The summed E-state index contributed by atoms with van der Waals surface area (Å²) in [5.74, 6) is 1.97. The molecule has 1 N–H and O–H groups in total. The predicted octanol–water partition coefficient (Wildman–Crippen LogP) is 1.63. The van der Waals surface area contributed by atoms with Crippen molar-refractivity contribution >= 4 is 5.91 Å². The normalized spacial score (nSPS) is 21.7. The Morgan fingerprint density at radius 2 is 1.95 bits per heavy atom. The maximum absolute atomic E-state index is 12.1. The first kappa shape index (κ1) is 15.6. The zero-order valence-corrected chi connectivity index (χ0v) is 13.2. The van der Waals surface area contributed by atoms with Crippen LogP contribution in [0.4, 0.5) is 0 Å². The van der Waals surface area contributed by atoms with Crippen LogP contribution in [0.5, 0.6) is 11.5 Å². The summed E-state index contributed by atoms with van der Waals surface area (Å²) in [4.78, 5) is 13.8.